The molecule has 1 atom stereocenters. The predicted molar refractivity (Wildman–Crippen MR) is 88.3 cm³/mol. The lowest BCUT2D eigenvalue weighted by Gasteiger charge is -2.10. The minimum atomic E-state index is -3.12. The molecule has 7 nitrogen and oxygen atoms in total. The molecular weight excluding hydrogens is 330 g/mol. The number of rotatable bonds is 3. The van der Waals surface area contributed by atoms with E-state index in [0.29, 0.717) is 29.3 Å². The first-order valence-electron chi connectivity index (χ1n) is 7.56. The summed E-state index contributed by atoms with van der Waals surface area (Å²) in [6.07, 6.45) is 3.67. The zero-order chi connectivity index (χ0) is 16.7. The van der Waals surface area contributed by atoms with Crippen LogP contribution in [0, 0.1) is 5.92 Å². The average Bonchev–Trinajstić information content (AvgIpc) is 3.26. The fraction of sp³-hybridized carbons (Fsp3) is 0.250. The molecule has 1 aliphatic heterocycles. The number of fused-ring (bicyclic) bond motifs is 1. The zero-order valence-corrected chi connectivity index (χ0v) is 13.5. The van der Waals surface area contributed by atoms with Crippen molar-refractivity contribution < 1.29 is 17.6 Å². The van der Waals surface area contributed by atoms with E-state index in [9.17, 15) is 13.2 Å². The largest absolute Gasteiger partial charge is 0.463 e. The summed E-state index contributed by atoms with van der Waals surface area (Å²) < 4.78 is 30.4. The Labute approximate surface area is 138 Å². The van der Waals surface area contributed by atoms with E-state index in [0.717, 1.165) is 0 Å². The first kappa shape index (κ1) is 14.9. The van der Waals surface area contributed by atoms with Crippen molar-refractivity contribution >= 4 is 27.2 Å². The molecule has 24 heavy (non-hydrogen) atoms. The number of pyridine rings is 1. The Hall–Kier alpha value is -2.61. The number of amides is 1. The van der Waals surface area contributed by atoms with E-state index in [1.54, 1.807) is 22.7 Å². The van der Waals surface area contributed by atoms with E-state index in [4.69, 9.17) is 4.42 Å². The van der Waals surface area contributed by atoms with Crippen molar-refractivity contribution in [3.63, 3.8) is 0 Å². The quantitative estimate of drug-likeness (QED) is 0.783. The topological polar surface area (TPSA) is 93.7 Å². The van der Waals surface area contributed by atoms with Crippen molar-refractivity contribution in [2.24, 2.45) is 5.92 Å². The van der Waals surface area contributed by atoms with Gasteiger partial charge >= 0.3 is 0 Å². The van der Waals surface area contributed by atoms with Gasteiger partial charge in [0, 0.05) is 6.20 Å². The van der Waals surface area contributed by atoms with Crippen LogP contribution in [0.5, 0.6) is 0 Å². The maximum atomic E-state index is 12.5. The number of anilines is 1. The van der Waals surface area contributed by atoms with E-state index in [1.165, 1.54) is 6.26 Å². The van der Waals surface area contributed by atoms with E-state index in [-0.39, 0.29) is 17.4 Å². The first-order chi connectivity index (χ1) is 11.5. The minimum Gasteiger partial charge on any atom is -0.463 e. The summed E-state index contributed by atoms with van der Waals surface area (Å²) in [5.41, 5.74) is 1.18. The molecule has 1 unspecified atom stereocenters. The molecule has 4 rings (SSSR count). The molecule has 0 aliphatic carbocycles. The lowest BCUT2D eigenvalue weighted by atomic mass is 10.1. The number of carbonyl (C=O) groups is 1. The number of furan rings is 1. The molecule has 124 valence electrons. The van der Waals surface area contributed by atoms with Gasteiger partial charge < -0.3 is 9.73 Å². The van der Waals surface area contributed by atoms with Crippen molar-refractivity contribution in [2.75, 3.05) is 16.8 Å². The molecule has 3 aromatic rings. The number of hydrogen-bond donors (Lipinski definition) is 1. The molecule has 4 heterocycles. The van der Waals surface area contributed by atoms with Gasteiger partial charge in [-0.15, -0.1) is 0 Å². The smallest absolute Gasteiger partial charge is 0.229 e. The third-order valence-corrected chi connectivity index (χ3v) is 5.90. The molecule has 3 aromatic heterocycles. The number of nitrogens with one attached hydrogen (secondary N) is 1. The van der Waals surface area contributed by atoms with Crippen molar-refractivity contribution in [2.45, 2.75) is 6.42 Å². The lowest BCUT2D eigenvalue weighted by molar-refractivity contribution is -0.119. The molecule has 1 amide bonds. The Bertz CT molecular complexity index is 1010. The molecule has 8 heteroatoms. The van der Waals surface area contributed by atoms with Crippen LogP contribution in [0.2, 0.25) is 0 Å². The van der Waals surface area contributed by atoms with E-state index in [2.05, 4.69) is 10.3 Å². The second-order valence-electron chi connectivity index (χ2n) is 5.80. The Balaban J connectivity index is 1.73. The van der Waals surface area contributed by atoms with Gasteiger partial charge in [0.1, 0.15) is 17.2 Å². The Morgan fingerprint density at radius 3 is 2.88 bits per heavy atom. The van der Waals surface area contributed by atoms with E-state index >= 15 is 0 Å². The summed E-state index contributed by atoms with van der Waals surface area (Å²) >= 11 is 0. The molecular formula is C16H15N3O4S. The summed E-state index contributed by atoms with van der Waals surface area (Å²) in [5, 5.41) is 2.84. The van der Waals surface area contributed by atoms with Gasteiger partial charge in [0.15, 0.2) is 15.6 Å². The number of hydrogen-bond acceptors (Lipinski definition) is 5. The van der Waals surface area contributed by atoms with E-state index < -0.39 is 15.8 Å². The highest BCUT2D eigenvalue weighted by Crippen LogP contribution is 2.30. The maximum Gasteiger partial charge on any atom is 0.229 e. The molecule has 0 bridgehead atoms. The normalized spacial score (nSPS) is 19.6. The second-order valence-corrected chi connectivity index (χ2v) is 8.03. The highest BCUT2D eigenvalue weighted by molar-refractivity contribution is 7.91. The summed E-state index contributed by atoms with van der Waals surface area (Å²) in [6.45, 7) is 0. The molecule has 0 spiro atoms. The van der Waals surface area contributed by atoms with Crippen LogP contribution in [-0.4, -0.2) is 35.2 Å². The molecule has 1 saturated heterocycles. The zero-order valence-electron chi connectivity index (χ0n) is 12.7. The molecule has 1 fully saturated rings. The monoisotopic (exact) mass is 345 g/mol. The Kier molecular flexibility index (Phi) is 3.42. The summed E-state index contributed by atoms with van der Waals surface area (Å²) in [6, 6.07) is 9.01. The standard InChI is InChI=1S/C16H15N3O4S/c20-16(11-6-9-24(21,22)10-11)18-15-14(12-4-3-8-23-12)17-13-5-1-2-7-19(13)15/h1-5,7-8,11H,6,9-10H2,(H,18,20). The molecule has 0 radical (unpaired) electrons. The van der Waals surface area contributed by atoms with Gasteiger partial charge in [0.2, 0.25) is 5.91 Å². The van der Waals surface area contributed by atoms with Gasteiger partial charge in [0.25, 0.3) is 0 Å². The van der Waals surface area contributed by atoms with Gasteiger partial charge in [-0.3, -0.25) is 9.20 Å². The van der Waals surface area contributed by atoms with Crippen LogP contribution in [0.1, 0.15) is 6.42 Å². The van der Waals surface area contributed by atoms with Crippen LogP contribution < -0.4 is 5.32 Å². The van der Waals surface area contributed by atoms with Gasteiger partial charge in [-0.05, 0) is 30.7 Å². The average molecular weight is 345 g/mol. The van der Waals surface area contributed by atoms with Crippen LogP contribution in [0.3, 0.4) is 0 Å². The first-order valence-corrected chi connectivity index (χ1v) is 9.38. The van der Waals surface area contributed by atoms with Crippen LogP contribution in [0.25, 0.3) is 17.1 Å². The number of sulfone groups is 1. The third kappa shape index (κ3) is 2.58. The number of imidazole rings is 1. The van der Waals surface area contributed by atoms with Crippen molar-refractivity contribution in [1.29, 1.82) is 0 Å². The third-order valence-electron chi connectivity index (χ3n) is 4.13. The van der Waals surface area contributed by atoms with Crippen LogP contribution >= 0.6 is 0 Å². The highest BCUT2D eigenvalue weighted by Gasteiger charge is 2.33. The highest BCUT2D eigenvalue weighted by atomic mass is 32.2. The Morgan fingerprint density at radius 1 is 1.29 bits per heavy atom. The number of aromatic nitrogens is 2. The van der Waals surface area contributed by atoms with Crippen LogP contribution in [0.15, 0.2) is 47.2 Å². The van der Waals surface area contributed by atoms with Crippen LogP contribution in [-0.2, 0) is 14.6 Å². The molecule has 0 saturated carbocycles. The number of nitrogens with zero attached hydrogens (tertiary/aromatic N) is 2. The van der Waals surface area contributed by atoms with Crippen molar-refractivity contribution in [3.8, 4) is 11.5 Å². The summed E-state index contributed by atoms with van der Waals surface area (Å²) in [5.74, 6) is 0.126. The van der Waals surface area contributed by atoms with Gasteiger partial charge in [-0.2, -0.15) is 0 Å². The maximum absolute atomic E-state index is 12.5. The van der Waals surface area contributed by atoms with Gasteiger partial charge in [0.05, 0.1) is 23.7 Å². The van der Waals surface area contributed by atoms with Crippen molar-refractivity contribution in [3.05, 3.63) is 42.8 Å². The summed E-state index contributed by atoms with van der Waals surface area (Å²) in [7, 11) is -3.12. The fourth-order valence-corrected chi connectivity index (χ4v) is 4.66. The minimum absolute atomic E-state index is 0.0588. The second kappa shape index (κ2) is 5.48. The summed E-state index contributed by atoms with van der Waals surface area (Å²) in [4.78, 5) is 17.0. The van der Waals surface area contributed by atoms with Crippen LogP contribution in [0.4, 0.5) is 5.82 Å². The lowest BCUT2D eigenvalue weighted by Crippen LogP contribution is -2.24. The van der Waals surface area contributed by atoms with E-state index in [1.807, 2.05) is 18.2 Å². The fourth-order valence-electron chi connectivity index (χ4n) is 2.92. The Morgan fingerprint density at radius 2 is 2.17 bits per heavy atom. The van der Waals surface area contributed by atoms with Crippen molar-refractivity contribution in [1.82, 2.24) is 9.38 Å². The number of carbonyl (C=O) groups excluding carboxylic acids is 1. The SMILES string of the molecule is O=C(Nc1c(-c2ccco2)nc2ccccn12)C1CCS(=O)(=O)C1. The molecule has 1 N–H and O–H groups in total. The molecule has 0 aromatic carbocycles. The van der Waals surface area contributed by atoms with Gasteiger partial charge in [-0.1, -0.05) is 6.07 Å². The molecule has 1 aliphatic rings. The predicted octanol–water partition coefficient (Wildman–Crippen LogP) is 1.97. The van der Waals surface area contributed by atoms with Gasteiger partial charge in [-0.25, -0.2) is 13.4 Å².